The quantitative estimate of drug-likeness (QED) is 0.0840. The van der Waals surface area contributed by atoms with Crippen molar-refractivity contribution in [3.8, 4) is 11.3 Å². The highest BCUT2D eigenvalue weighted by atomic mass is 79.9. The molecule has 1 saturated heterocycles. The van der Waals surface area contributed by atoms with Crippen LogP contribution in [-0.4, -0.2) is 46.8 Å². The molecule has 366 valence electrons. The maximum atomic E-state index is 6.19. The molecule has 0 bridgehead atoms. The summed E-state index contributed by atoms with van der Waals surface area (Å²) in [5.74, 6) is 2.49. The topological polar surface area (TPSA) is 81.0 Å². The van der Waals surface area contributed by atoms with E-state index in [2.05, 4.69) is 208 Å². The fourth-order valence-corrected chi connectivity index (χ4v) is 9.97. The van der Waals surface area contributed by atoms with Crippen LogP contribution in [0.3, 0.4) is 0 Å². The Bertz CT molecular complexity index is 2760. The van der Waals surface area contributed by atoms with Gasteiger partial charge in [0.05, 0.1) is 52.1 Å². The Hall–Kier alpha value is -5.22. The van der Waals surface area contributed by atoms with Crippen LogP contribution >= 0.6 is 15.9 Å². The molecule has 1 aliphatic carbocycles. The molecule has 0 radical (unpaired) electrons. The number of anilines is 1. The highest BCUT2D eigenvalue weighted by molar-refractivity contribution is 9.10. The average Bonchev–Trinajstić information content (AvgIpc) is 3.96. The van der Waals surface area contributed by atoms with E-state index in [1.54, 1.807) is 0 Å². The summed E-state index contributed by atoms with van der Waals surface area (Å²) in [4.78, 5) is 19.0. The van der Waals surface area contributed by atoms with Gasteiger partial charge in [-0.1, -0.05) is 147 Å². The Morgan fingerprint density at radius 2 is 1.06 bits per heavy atom. The standard InChI is InChI=1S/C27H31N3.C18H21BrN2.C16H23BO2/c1-17(2)22-11-8-12-23(18(3)4)27(22)28-16-21-10-7-14-25(30-21)24-13-6-9-20-15-19(5)29-26(20)24;1-12(2)15-8-6-9-16(13(3)4)18(15)20-11-14-7-5-10-17(19)21-14;1-11-9-12-7-6-8-14(13(12)10-11)17-18-15(2,3)16(4,5)19-17/h6-14,16-19,29H,15H2,1-5H3;5-13H,1-4H3;6-8,11H,9-10H2,1-5H3/t19-;;/m1../s1. The summed E-state index contributed by atoms with van der Waals surface area (Å²) >= 11 is 3.39. The van der Waals surface area contributed by atoms with Crippen LogP contribution in [-0.2, 0) is 28.6 Å². The third kappa shape index (κ3) is 12.3. The van der Waals surface area contributed by atoms with Gasteiger partial charge in [-0.05, 0) is 168 Å². The van der Waals surface area contributed by atoms with Crippen molar-refractivity contribution in [1.82, 2.24) is 9.97 Å². The monoisotopic (exact) mass is 1000 g/mol. The van der Waals surface area contributed by atoms with Crippen LogP contribution in [0.5, 0.6) is 0 Å². The van der Waals surface area contributed by atoms with E-state index in [0.29, 0.717) is 29.7 Å². The molecule has 9 rings (SSSR count). The van der Waals surface area contributed by atoms with Gasteiger partial charge in [0.15, 0.2) is 0 Å². The molecule has 0 spiro atoms. The summed E-state index contributed by atoms with van der Waals surface area (Å²) in [6.45, 7) is 30.7. The van der Waals surface area contributed by atoms with E-state index in [4.69, 9.17) is 24.3 Å². The highest BCUT2D eigenvalue weighted by Crippen LogP contribution is 2.40. The van der Waals surface area contributed by atoms with Crippen LogP contribution in [0.2, 0.25) is 0 Å². The third-order valence-electron chi connectivity index (χ3n) is 14.1. The predicted molar refractivity (Wildman–Crippen MR) is 301 cm³/mol. The van der Waals surface area contributed by atoms with Crippen molar-refractivity contribution in [1.29, 1.82) is 0 Å². The normalized spacial score (nSPS) is 17.8. The molecule has 1 N–H and O–H groups in total. The zero-order valence-corrected chi connectivity index (χ0v) is 45.8. The zero-order valence-electron chi connectivity index (χ0n) is 44.2. The van der Waals surface area contributed by atoms with Gasteiger partial charge in [0.2, 0.25) is 0 Å². The summed E-state index contributed by atoms with van der Waals surface area (Å²) in [7, 11) is -0.217. The van der Waals surface area contributed by atoms with Gasteiger partial charge >= 0.3 is 7.12 Å². The number of nitrogens with one attached hydrogen (secondary N) is 1. The number of aliphatic imine (C=N–C) groups is 2. The minimum absolute atomic E-state index is 0.217. The van der Waals surface area contributed by atoms with Gasteiger partial charge in [-0.15, -0.1) is 0 Å². The second-order valence-electron chi connectivity index (χ2n) is 21.7. The number of fused-ring (bicyclic) bond motifs is 2. The van der Waals surface area contributed by atoms with Gasteiger partial charge < -0.3 is 14.6 Å². The van der Waals surface area contributed by atoms with Gasteiger partial charge in [0.1, 0.15) is 4.60 Å². The minimum Gasteiger partial charge on any atom is -0.399 e. The molecule has 3 aliphatic rings. The number of benzene rings is 4. The lowest BCUT2D eigenvalue weighted by atomic mass is 9.75. The number of halogens is 1. The molecule has 9 heteroatoms. The van der Waals surface area contributed by atoms with Gasteiger partial charge in [0.25, 0.3) is 0 Å². The summed E-state index contributed by atoms with van der Waals surface area (Å²) in [6, 6.07) is 38.5. The molecular formula is C61H75BBrN5O2. The van der Waals surface area contributed by atoms with Crippen molar-refractivity contribution in [2.45, 2.75) is 157 Å². The predicted octanol–water partition coefficient (Wildman–Crippen LogP) is 15.7. The Labute approximate surface area is 428 Å². The highest BCUT2D eigenvalue weighted by Gasteiger charge is 2.52. The first kappa shape index (κ1) is 52.6. The van der Waals surface area contributed by atoms with E-state index in [1.807, 2.05) is 36.7 Å². The lowest BCUT2D eigenvalue weighted by molar-refractivity contribution is 0.00578. The van der Waals surface area contributed by atoms with Crippen molar-refractivity contribution in [2.24, 2.45) is 15.9 Å². The molecule has 4 heterocycles. The number of hydrogen-bond acceptors (Lipinski definition) is 7. The Balaban J connectivity index is 0.000000160. The summed E-state index contributed by atoms with van der Waals surface area (Å²) < 4.78 is 13.2. The molecule has 1 fully saturated rings. The van der Waals surface area contributed by atoms with E-state index in [-0.39, 0.29) is 18.3 Å². The lowest BCUT2D eigenvalue weighted by Crippen LogP contribution is -2.41. The van der Waals surface area contributed by atoms with E-state index in [9.17, 15) is 0 Å². The van der Waals surface area contributed by atoms with Crippen LogP contribution in [0.1, 0.15) is 171 Å². The van der Waals surface area contributed by atoms with Crippen molar-refractivity contribution in [3.05, 3.63) is 164 Å². The molecule has 1 unspecified atom stereocenters. The molecular weight excluding hydrogens is 925 g/mol. The summed E-state index contributed by atoms with van der Waals surface area (Å²) in [6.07, 6.45) is 7.15. The second-order valence-corrected chi connectivity index (χ2v) is 22.5. The first-order chi connectivity index (χ1) is 33.2. The molecule has 0 saturated carbocycles. The Morgan fingerprint density at radius 3 is 1.59 bits per heavy atom. The maximum Gasteiger partial charge on any atom is 0.495 e. The van der Waals surface area contributed by atoms with Crippen molar-refractivity contribution in [3.63, 3.8) is 0 Å². The molecule has 6 aromatic rings. The zero-order chi connectivity index (χ0) is 50.5. The fourth-order valence-electron chi connectivity index (χ4n) is 9.62. The number of rotatable bonds is 10. The number of pyridine rings is 2. The van der Waals surface area contributed by atoms with Crippen molar-refractivity contribution < 1.29 is 9.31 Å². The molecule has 2 aliphatic heterocycles. The van der Waals surface area contributed by atoms with Gasteiger partial charge in [-0.2, -0.15) is 0 Å². The van der Waals surface area contributed by atoms with Crippen LogP contribution in [0.15, 0.2) is 124 Å². The molecule has 70 heavy (non-hydrogen) atoms. The van der Waals surface area contributed by atoms with E-state index >= 15 is 0 Å². The van der Waals surface area contributed by atoms with Gasteiger partial charge in [-0.25, -0.2) is 9.97 Å². The first-order valence-corrected chi connectivity index (χ1v) is 26.3. The SMILES string of the molecule is CC(C)c1cccc(C(C)C)c1N=Cc1cccc(-c2cccc3c2N[C@H](C)C3)n1.CC(C)c1cccc(C(C)C)c1N=Cc1cccc(Br)n1.CC1Cc2cccc(B3OC(C)(C)C(C)(C)O3)c2C1. The second kappa shape index (κ2) is 22.5. The average molecular weight is 1000 g/mol. The largest absolute Gasteiger partial charge is 0.495 e. The summed E-state index contributed by atoms with van der Waals surface area (Å²) in [5.41, 5.74) is 17.4. The van der Waals surface area contributed by atoms with E-state index in [0.717, 1.165) is 57.4 Å². The number of nitrogens with zero attached hydrogens (tertiary/aromatic N) is 4. The molecule has 2 aromatic heterocycles. The van der Waals surface area contributed by atoms with Crippen molar-refractivity contribution >= 4 is 58.0 Å². The smallest absolute Gasteiger partial charge is 0.399 e. The molecule has 0 amide bonds. The number of aromatic nitrogens is 2. The third-order valence-corrected chi connectivity index (χ3v) is 14.6. The number of para-hydroxylation sites is 3. The van der Waals surface area contributed by atoms with Crippen LogP contribution in [0.4, 0.5) is 17.1 Å². The van der Waals surface area contributed by atoms with Gasteiger partial charge in [0, 0.05) is 17.3 Å². The maximum absolute atomic E-state index is 6.19. The molecule has 2 atom stereocenters. The Kier molecular flexibility index (Phi) is 16.9. The van der Waals surface area contributed by atoms with Crippen molar-refractivity contribution in [2.75, 3.05) is 5.32 Å². The first-order valence-electron chi connectivity index (χ1n) is 25.5. The fraction of sp³-hybridized carbons (Fsp3) is 0.410. The lowest BCUT2D eigenvalue weighted by Gasteiger charge is -2.32. The minimum atomic E-state index is -0.259. The van der Waals surface area contributed by atoms with Crippen LogP contribution in [0.25, 0.3) is 11.3 Å². The Morgan fingerprint density at radius 1 is 0.586 bits per heavy atom. The molecule has 7 nitrogen and oxygen atoms in total. The van der Waals surface area contributed by atoms with Crippen LogP contribution in [0, 0.1) is 5.92 Å². The number of hydrogen-bond donors (Lipinski definition) is 1. The van der Waals surface area contributed by atoms with E-state index < -0.39 is 0 Å². The van der Waals surface area contributed by atoms with Gasteiger partial charge in [-0.3, -0.25) is 9.98 Å². The van der Waals surface area contributed by atoms with E-state index in [1.165, 1.54) is 56.5 Å². The summed E-state index contributed by atoms with van der Waals surface area (Å²) in [5, 5.41) is 3.61. The molecule has 4 aromatic carbocycles. The van der Waals surface area contributed by atoms with Crippen LogP contribution < -0.4 is 10.8 Å².